The van der Waals surface area contributed by atoms with Crippen molar-refractivity contribution in [3.63, 3.8) is 0 Å². The summed E-state index contributed by atoms with van der Waals surface area (Å²) in [6.07, 6.45) is 4.87. The maximum absolute atomic E-state index is 6.74. The smallest absolute Gasteiger partial charge is 0.0177 e. The first kappa shape index (κ1) is 6.75. The van der Waals surface area contributed by atoms with Gasteiger partial charge in [0.1, 0.15) is 0 Å². The lowest BCUT2D eigenvalue weighted by atomic mass is 10.2. The minimum absolute atomic E-state index is 1.13. The van der Waals surface area contributed by atoms with Crippen molar-refractivity contribution in [2.24, 2.45) is 0 Å². The standard InChI is InChI=1S/C9H9N/c10-8-4-7-9-5-2-1-3-6-9/h1-8,10H/b7-4+,10-8?. The quantitative estimate of drug-likeness (QED) is 0.596. The molecule has 50 valence electrons. The van der Waals surface area contributed by atoms with Crippen molar-refractivity contribution in [3.8, 4) is 0 Å². The average molecular weight is 131 g/mol. The SMILES string of the molecule is N=C/C=C/c1ccccc1. The molecule has 0 aliphatic carbocycles. The van der Waals surface area contributed by atoms with Gasteiger partial charge in [0.05, 0.1) is 0 Å². The zero-order chi connectivity index (χ0) is 7.23. The first-order valence-corrected chi connectivity index (χ1v) is 3.15. The molecule has 0 radical (unpaired) electrons. The predicted octanol–water partition coefficient (Wildman–Crippen LogP) is 2.35. The summed E-state index contributed by atoms with van der Waals surface area (Å²) in [5.41, 5.74) is 1.13. The van der Waals surface area contributed by atoms with E-state index in [4.69, 9.17) is 5.41 Å². The minimum atomic E-state index is 1.13. The van der Waals surface area contributed by atoms with Crippen LogP contribution in [0.2, 0.25) is 0 Å². The molecular formula is C9H9N. The van der Waals surface area contributed by atoms with Crippen molar-refractivity contribution in [2.45, 2.75) is 0 Å². The van der Waals surface area contributed by atoms with E-state index in [0.29, 0.717) is 0 Å². The molecule has 0 aliphatic rings. The van der Waals surface area contributed by atoms with E-state index >= 15 is 0 Å². The van der Waals surface area contributed by atoms with Gasteiger partial charge in [-0.3, -0.25) is 0 Å². The fourth-order valence-electron chi connectivity index (χ4n) is 0.723. The van der Waals surface area contributed by atoms with E-state index in [1.165, 1.54) is 6.21 Å². The van der Waals surface area contributed by atoms with E-state index in [1.807, 2.05) is 36.4 Å². The fraction of sp³-hybridized carbons (Fsp3) is 0. The van der Waals surface area contributed by atoms with Crippen molar-refractivity contribution in [2.75, 3.05) is 0 Å². The second-order valence-electron chi connectivity index (χ2n) is 1.94. The number of allylic oxidation sites excluding steroid dienone is 1. The van der Waals surface area contributed by atoms with Gasteiger partial charge in [0, 0.05) is 6.21 Å². The Morgan fingerprint density at radius 1 is 1.10 bits per heavy atom. The van der Waals surface area contributed by atoms with Crippen molar-refractivity contribution < 1.29 is 0 Å². The third-order valence-corrected chi connectivity index (χ3v) is 1.18. The molecule has 0 unspecified atom stereocenters. The van der Waals surface area contributed by atoms with E-state index in [2.05, 4.69) is 0 Å². The van der Waals surface area contributed by atoms with Gasteiger partial charge < -0.3 is 5.41 Å². The average Bonchev–Trinajstić information content (AvgIpc) is 2.03. The number of nitrogens with one attached hydrogen (secondary N) is 1. The van der Waals surface area contributed by atoms with Gasteiger partial charge in [0.2, 0.25) is 0 Å². The Kier molecular flexibility index (Phi) is 2.44. The molecule has 0 atom stereocenters. The van der Waals surface area contributed by atoms with Crippen molar-refractivity contribution >= 4 is 12.3 Å². The van der Waals surface area contributed by atoms with E-state index < -0.39 is 0 Å². The molecule has 0 bridgehead atoms. The third kappa shape index (κ3) is 1.86. The second kappa shape index (κ2) is 3.62. The summed E-state index contributed by atoms with van der Waals surface area (Å²) in [5, 5.41) is 6.74. The summed E-state index contributed by atoms with van der Waals surface area (Å²) in [4.78, 5) is 0. The maximum atomic E-state index is 6.74. The normalized spacial score (nSPS) is 10.0. The van der Waals surface area contributed by atoms with Gasteiger partial charge >= 0.3 is 0 Å². The molecule has 1 aromatic rings. The Hall–Kier alpha value is -1.37. The Labute approximate surface area is 60.5 Å². The van der Waals surface area contributed by atoms with Crippen LogP contribution in [-0.2, 0) is 0 Å². The van der Waals surface area contributed by atoms with Crippen LogP contribution in [0.3, 0.4) is 0 Å². The molecule has 1 N–H and O–H groups in total. The first-order valence-electron chi connectivity index (χ1n) is 3.15. The van der Waals surface area contributed by atoms with Crippen LogP contribution in [0.15, 0.2) is 36.4 Å². The molecule has 0 spiro atoms. The lowest BCUT2D eigenvalue weighted by Crippen LogP contribution is -1.67. The van der Waals surface area contributed by atoms with Gasteiger partial charge in [-0.15, -0.1) is 0 Å². The summed E-state index contributed by atoms with van der Waals surface area (Å²) in [7, 11) is 0. The molecular weight excluding hydrogens is 122 g/mol. The lowest BCUT2D eigenvalue weighted by molar-refractivity contribution is 1.58. The molecule has 0 saturated heterocycles. The van der Waals surface area contributed by atoms with Gasteiger partial charge in [-0.2, -0.15) is 0 Å². The van der Waals surface area contributed by atoms with Gasteiger partial charge in [0.25, 0.3) is 0 Å². The van der Waals surface area contributed by atoms with Crippen LogP contribution in [0, 0.1) is 5.41 Å². The second-order valence-corrected chi connectivity index (χ2v) is 1.94. The van der Waals surface area contributed by atoms with Crippen LogP contribution in [-0.4, -0.2) is 6.21 Å². The predicted molar refractivity (Wildman–Crippen MR) is 44.3 cm³/mol. The van der Waals surface area contributed by atoms with E-state index in [0.717, 1.165) is 5.56 Å². The monoisotopic (exact) mass is 131 g/mol. The molecule has 1 aromatic carbocycles. The highest BCUT2D eigenvalue weighted by Crippen LogP contribution is 1.99. The lowest BCUT2D eigenvalue weighted by Gasteiger charge is -1.87. The molecule has 1 heteroatoms. The Morgan fingerprint density at radius 2 is 1.80 bits per heavy atom. The van der Waals surface area contributed by atoms with E-state index in [9.17, 15) is 0 Å². The summed E-state index contributed by atoms with van der Waals surface area (Å²) in [6.45, 7) is 0. The summed E-state index contributed by atoms with van der Waals surface area (Å²) >= 11 is 0. The first-order chi connectivity index (χ1) is 4.93. The fourth-order valence-corrected chi connectivity index (χ4v) is 0.723. The number of rotatable bonds is 2. The molecule has 0 aromatic heterocycles. The number of hydrogen-bond donors (Lipinski definition) is 1. The van der Waals surface area contributed by atoms with Crippen LogP contribution < -0.4 is 0 Å². The molecule has 0 fully saturated rings. The zero-order valence-corrected chi connectivity index (χ0v) is 5.62. The largest absolute Gasteiger partial charge is 0.309 e. The highest BCUT2D eigenvalue weighted by Gasteiger charge is 1.78. The summed E-state index contributed by atoms with van der Waals surface area (Å²) in [5.74, 6) is 0. The Balaban J connectivity index is 2.76. The third-order valence-electron chi connectivity index (χ3n) is 1.18. The molecule has 0 heterocycles. The van der Waals surface area contributed by atoms with E-state index in [1.54, 1.807) is 6.08 Å². The highest BCUT2D eigenvalue weighted by atomic mass is 14.3. The van der Waals surface area contributed by atoms with Crippen LogP contribution in [0.4, 0.5) is 0 Å². The van der Waals surface area contributed by atoms with Crippen LogP contribution in [0.25, 0.3) is 6.08 Å². The van der Waals surface area contributed by atoms with Crippen LogP contribution in [0.5, 0.6) is 0 Å². The van der Waals surface area contributed by atoms with Gasteiger partial charge in [-0.25, -0.2) is 0 Å². The topological polar surface area (TPSA) is 23.9 Å². The Bertz CT molecular complexity index is 224. The van der Waals surface area contributed by atoms with Crippen LogP contribution in [0.1, 0.15) is 5.56 Å². The molecule has 0 saturated carbocycles. The minimum Gasteiger partial charge on any atom is -0.309 e. The van der Waals surface area contributed by atoms with Gasteiger partial charge in [-0.1, -0.05) is 36.4 Å². The summed E-state index contributed by atoms with van der Waals surface area (Å²) in [6, 6.07) is 9.93. The molecule has 0 aliphatic heterocycles. The highest BCUT2D eigenvalue weighted by molar-refractivity contribution is 5.75. The van der Waals surface area contributed by atoms with Crippen molar-refractivity contribution in [1.29, 1.82) is 5.41 Å². The zero-order valence-electron chi connectivity index (χ0n) is 5.62. The van der Waals surface area contributed by atoms with E-state index in [-0.39, 0.29) is 0 Å². The van der Waals surface area contributed by atoms with Crippen molar-refractivity contribution in [1.82, 2.24) is 0 Å². The summed E-state index contributed by atoms with van der Waals surface area (Å²) < 4.78 is 0. The van der Waals surface area contributed by atoms with Gasteiger partial charge in [0.15, 0.2) is 0 Å². The number of benzene rings is 1. The van der Waals surface area contributed by atoms with Gasteiger partial charge in [-0.05, 0) is 11.6 Å². The molecule has 1 nitrogen and oxygen atoms in total. The maximum Gasteiger partial charge on any atom is 0.0177 e. The van der Waals surface area contributed by atoms with Crippen LogP contribution >= 0.6 is 0 Å². The Morgan fingerprint density at radius 3 is 2.40 bits per heavy atom. The van der Waals surface area contributed by atoms with Crippen molar-refractivity contribution in [3.05, 3.63) is 42.0 Å². The number of hydrogen-bond acceptors (Lipinski definition) is 1. The molecule has 10 heavy (non-hydrogen) atoms. The molecule has 1 rings (SSSR count). The molecule has 0 amide bonds.